The molecule has 0 spiro atoms. The van der Waals surface area contributed by atoms with Gasteiger partial charge in [0.05, 0.1) is 27.8 Å². The zero-order chi connectivity index (χ0) is 23.9. The number of benzene rings is 1. The summed E-state index contributed by atoms with van der Waals surface area (Å²) in [6, 6.07) is 3.39. The quantitative estimate of drug-likeness (QED) is 0.291. The van der Waals surface area contributed by atoms with Crippen LogP contribution >= 0.6 is 0 Å². The lowest BCUT2D eigenvalue weighted by Gasteiger charge is -2.17. The molecule has 9 nitrogen and oxygen atoms in total. The Morgan fingerprint density at radius 3 is 2.03 bits per heavy atom. The summed E-state index contributed by atoms with van der Waals surface area (Å²) >= 11 is 0. The van der Waals surface area contributed by atoms with E-state index in [2.05, 4.69) is 28.3 Å². The lowest BCUT2D eigenvalue weighted by atomic mass is 10.1. The van der Waals surface area contributed by atoms with Crippen molar-refractivity contribution in [2.24, 2.45) is 5.10 Å². The second-order valence-corrected chi connectivity index (χ2v) is 8.24. The Labute approximate surface area is 198 Å². The molecule has 0 unspecified atom stereocenters. The van der Waals surface area contributed by atoms with Gasteiger partial charge in [0.2, 0.25) is 5.91 Å². The minimum absolute atomic E-state index is 0.0971. The van der Waals surface area contributed by atoms with Crippen LogP contribution in [0, 0.1) is 0 Å². The van der Waals surface area contributed by atoms with E-state index >= 15 is 0 Å². The Hall–Kier alpha value is -2.68. The van der Waals surface area contributed by atoms with E-state index in [0.717, 1.165) is 13.0 Å². The number of rotatable bonds is 17. The largest absolute Gasteiger partial charge is 0.496 e. The number of amides is 1. The third-order valence-electron chi connectivity index (χ3n) is 5.61. The molecular formula is C24H41N5O4. The van der Waals surface area contributed by atoms with Crippen molar-refractivity contribution >= 4 is 17.4 Å². The molecule has 186 valence electrons. The Morgan fingerprint density at radius 2 is 1.48 bits per heavy atom. The topological polar surface area (TPSA) is 96.5 Å². The number of nitrogens with one attached hydrogen (secondary N) is 3. The molecule has 0 aliphatic carbocycles. The Balaban J connectivity index is 1.66. The maximum absolute atomic E-state index is 12.6. The van der Waals surface area contributed by atoms with E-state index in [1.165, 1.54) is 72.0 Å². The van der Waals surface area contributed by atoms with Gasteiger partial charge in [-0.3, -0.25) is 10.2 Å². The number of ether oxygens (including phenoxy) is 3. The van der Waals surface area contributed by atoms with Crippen molar-refractivity contribution in [1.29, 1.82) is 0 Å². The molecule has 0 bridgehead atoms. The van der Waals surface area contributed by atoms with Crippen LogP contribution in [-0.4, -0.2) is 44.7 Å². The SMILES string of the molecule is CCCCCCCCCCCCN1NN=C(CC(=O)Nc2c(OC)cc(OC)cc2OC)N1. The van der Waals surface area contributed by atoms with Crippen LogP contribution < -0.4 is 30.5 Å². The van der Waals surface area contributed by atoms with Gasteiger partial charge >= 0.3 is 0 Å². The summed E-state index contributed by atoms with van der Waals surface area (Å²) in [5.41, 5.74) is 6.53. The van der Waals surface area contributed by atoms with E-state index < -0.39 is 0 Å². The summed E-state index contributed by atoms with van der Waals surface area (Å²) in [6.07, 6.45) is 13.1. The number of hydrazine groups is 2. The molecule has 3 N–H and O–H groups in total. The van der Waals surface area contributed by atoms with Gasteiger partial charge < -0.3 is 19.5 Å². The van der Waals surface area contributed by atoms with Crippen molar-refractivity contribution in [3.8, 4) is 17.2 Å². The maximum atomic E-state index is 12.6. The van der Waals surface area contributed by atoms with E-state index in [9.17, 15) is 4.79 Å². The molecule has 1 aliphatic rings. The van der Waals surface area contributed by atoms with Crippen LogP contribution in [-0.2, 0) is 4.79 Å². The molecule has 0 saturated carbocycles. The zero-order valence-electron chi connectivity index (χ0n) is 20.7. The molecule has 0 atom stereocenters. The fourth-order valence-electron chi connectivity index (χ4n) is 3.73. The van der Waals surface area contributed by atoms with Crippen LogP contribution in [0.25, 0.3) is 0 Å². The molecule has 1 aliphatic heterocycles. The van der Waals surface area contributed by atoms with Crippen molar-refractivity contribution in [2.75, 3.05) is 33.2 Å². The molecule has 1 heterocycles. The van der Waals surface area contributed by atoms with Gasteiger partial charge in [-0.2, -0.15) is 0 Å². The second kappa shape index (κ2) is 15.2. The summed E-state index contributed by atoms with van der Waals surface area (Å²) < 4.78 is 16.0. The molecule has 0 saturated heterocycles. The van der Waals surface area contributed by atoms with Crippen LogP contribution in [0.15, 0.2) is 17.2 Å². The average molecular weight is 464 g/mol. The summed E-state index contributed by atoms with van der Waals surface area (Å²) in [6.45, 7) is 3.08. The highest BCUT2D eigenvalue weighted by atomic mass is 16.5. The van der Waals surface area contributed by atoms with Crippen LogP contribution in [0.1, 0.15) is 77.6 Å². The van der Waals surface area contributed by atoms with Gasteiger partial charge in [-0.15, -0.1) is 10.2 Å². The third-order valence-corrected chi connectivity index (χ3v) is 5.61. The fraction of sp³-hybridized carbons (Fsp3) is 0.667. The summed E-state index contributed by atoms with van der Waals surface area (Å²) in [4.78, 5) is 12.6. The molecule has 0 fully saturated rings. The highest BCUT2D eigenvalue weighted by Gasteiger charge is 2.20. The molecule has 33 heavy (non-hydrogen) atoms. The maximum Gasteiger partial charge on any atom is 0.232 e. The van der Waals surface area contributed by atoms with Crippen LogP contribution in [0.4, 0.5) is 5.69 Å². The number of hydrogen-bond acceptors (Lipinski definition) is 8. The monoisotopic (exact) mass is 463 g/mol. The number of carbonyl (C=O) groups excluding carboxylic acids is 1. The molecule has 0 radical (unpaired) electrons. The van der Waals surface area contributed by atoms with Gasteiger partial charge in [0.1, 0.15) is 28.8 Å². The van der Waals surface area contributed by atoms with Gasteiger partial charge in [0, 0.05) is 18.7 Å². The first-order chi connectivity index (χ1) is 16.1. The number of amidine groups is 1. The molecular weight excluding hydrogens is 422 g/mol. The number of hydrogen-bond donors (Lipinski definition) is 3. The van der Waals surface area contributed by atoms with Crippen molar-refractivity contribution in [2.45, 2.75) is 77.6 Å². The van der Waals surface area contributed by atoms with Crippen LogP contribution in [0.2, 0.25) is 0 Å². The normalized spacial score (nSPS) is 13.2. The van der Waals surface area contributed by atoms with Gasteiger partial charge in [0.25, 0.3) is 0 Å². The van der Waals surface area contributed by atoms with Gasteiger partial charge in [0.15, 0.2) is 0 Å². The van der Waals surface area contributed by atoms with E-state index in [4.69, 9.17) is 14.2 Å². The Morgan fingerprint density at radius 1 is 0.909 bits per heavy atom. The standard InChI is InChI=1S/C24H41N5O4/c1-5-6-7-8-9-10-11-12-13-14-15-29-27-22(26-28-29)18-23(30)25-24-20(32-3)16-19(31-2)17-21(24)33-4/h16-17,28H,5-15,18H2,1-4H3,(H,25,30)(H,26,27). The lowest BCUT2D eigenvalue weighted by molar-refractivity contribution is -0.115. The number of anilines is 1. The minimum atomic E-state index is -0.231. The molecule has 1 amide bonds. The van der Waals surface area contributed by atoms with Crippen LogP contribution in [0.5, 0.6) is 17.2 Å². The first-order valence-corrected chi connectivity index (χ1v) is 12.1. The second-order valence-electron chi connectivity index (χ2n) is 8.24. The molecule has 1 aromatic rings. The van der Waals surface area contributed by atoms with Gasteiger partial charge in [-0.25, -0.2) is 5.53 Å². The number of methoxy groups -OCH3 is 3. The summed E-state index contributed by atoms with van der Waals surface area (Å²) in [5, 5.41) is 8.88. The first-order valence-electron chi connectivity index (χ1n) is 12.1. The smallest absolute Gasteiger partial charge is 0.232 e. The molecule has 9 heteroatoms. The molecule has 2 rings (SSSR count). The van der Waals surface area contributed by atoms with E-state index in [1.54, 1.807) is 19.2 Å². The zero-order valence-corrected chi connectivity index (χ0v) is 20.7. The third kappa shape index (κ3) is 9.37. The highest BCUT2D eigenvalue weighted by Crippen LogP contribution is 2.38. The van der Waals surface area contributed by atoms with E-state index in [0.29, 0.717) is 28.8 Å². The van der Waals surface area contributed by atoms with Crippen LogP contribution in [0.3, 0.4) is 0 Å². The molecule has 1 aromatic carbocycles. The van der Waals surface area contributed by atoms with E-state index in [-0.39, 0.29) is 12.3 Å². The number of carbonyl (C=O) groups is 1. The minimum Gasteiger partial charge on any atom is -0.496 e. The van der Waals surface area contributed by atoms with Crippen molar-refractivity contribution < 1.29 is 19.0 Å². The summed E-state index contributed by atoms with van der Waals surface area (Å²) in [7, 11) is 4.62. The van der Waals surface area contributed by atoms with Crippen molar-refractivity contribution in [3.05, 3.63) is 12.1 Å². The van der Waals surface area contributed by atoms with E-state index in [1.807, 2.05) is 5.12 Å². The Kier molecular flexibility index (Phi) is 12.2. The molecule has 0 aromatic heterocycles. The Bertz CT molecular complexity index is 731. The predicted octanol–water partition coefficient (Wildman–Crippen LogP) is 4.60. The number of unbranched alkanes of at least 4 members (excludes halogenated alkanes) is 9. The predicted molar refractivity (Wildman–Crippen MR) is 132 cm³/mol. The highest BCUT2D eigenvalue weighted by molar-refractivity contribution is 6.06. The number of nitrogens with zero attached hydrogens (tertiary/aromatic N) is 2. The van der Waals surface area contributed by atoms with Gasteiger partial charge in [-0.05, 0) is 6.42 Å². The first kappa shape index (κ1) is 26.6. The van der Waals surface area contributed by atoms with Crippen molar-refractivity contribution in [3.63, 3.8) is 0 Å². The summed E-state index contributed by atoms with van der Waals surface area (Å²) in [5.74, 6) is 1.83. The average Bonchev–Trinajstić information content (AvgIpc) is 3.27. The lowest BCUT2D eigenvalue weighted by Crippen LogP contribution is -2.42. The van der Waals surface area contributed by atoms with Crippen molar-refractivity contribution in [1.82, 2.24) is 16.1 Å². The van der Waals surface area contributed by atoms with Gasteiger partial charge in [-0.1, -0.05) is 64.7 Å². The number of hydrazone groups is 1. The fourth-order valence-corrected chi connectivity index (χ4v) is 3.73.